The Labute approximate surface area is 85.6 Å². The van der Waals surface area contributed by atoms with E-state index in [0.29, 0.717) is 17.1 Å². The highest BCUT2D eigenvalue weighted by Crippen LogP contribution is 2.57. The Balaban J connectivity index is 2.08. The van der Waals surface area contributed by atoms with Gasteiger partial charge in [0, 0.05) is 6.42 Å². The lowest BCUT2D eigenvalue weighted by molar-refractivity contribution is -0.120. The molecule has 1 heteroatoms. The molecule has 0 bridgehead atoms. The highest BCUT2D eigenvalue weighted by Gasteiger charge is 2.49. The molecule has 0 radical (unpaired) electrons. The second-order valence-electron chi connectivity index (χ2n) is 5.86. The topological polar surface area (TPSA) is 17.1 Å². The summed E-state index contributed by atoms with van der Waals surface area (Å²) in [6, 6.07) is 0. The van der Waals surface area contributed by atoms with E-state index in [2.05, 4.69) is 13.8 Å². The lowest BCUT2D eigenvalue weighted by Crippen LogP contribution is -2.29. The van der Waals surface area contributed by atoms with E-state index in [4.69, 9.17) is 0 Å². The lowest BCUT2D eigenvalue weighted by Gasteiger charge is -2.37. The van der Waals surface area contributed by atoms with Gasteiger partial charge in [-0.05, 0) is 42.1 Å². The average Bonchev–Trinajstić information content (AvgIpc) is 2.38. The van der Waals surface area contributed by atoms with Crippen molar-refractivity contribution in [1.82, 2.24) is 0 Å². The molecule has 0 aromatic rings. The van der Waals surface area contributed by atoms with Crippen molar-refractivity contribution in [3.05, 3.63) is 11.1 Å². The fourth-order valence-electron chi connectivity index (χ4n) is 3.89. The van der Waals surface area contributed by atoms with Crippen LogP contribution in [0.5, 0.6) is 0 Å². The van der Waals surface area contributed by atoms with Gasteiger partial charge in [0.25, 0.3) is 0 Å². The SMILES string of the molecule is CC1(C)CCCC2CC3CC(=O)C3=C21. The average molecular weight is 190 g/mol. The van der Waals surface area contributed by atoms with Crippen LogP contribution in [0.1, 0.15) is 46.0 Å². The van der Waals surface area contributed by atoms with Crippen LogP contribution in [0.15, 0.2) is 11.1 Å². The number of rotatable bonds is 0. The summed E-state index contributed by atoms with van der Waals surface area (Å²) in [5.41, 5.74) is 3.15. The van der Waals surface area contributed by atoms with Crippen LogP contribution in [0.2, 0.25) is 0 Å². The van der Waals surface area contributed by atoms with Gasteiger partial charge in [0.1, 0.15) is 0 Å². The molecule has 0 saturated heterocycles. The Bertz CT molecular complexity index is 335. The monoisotopic (exact) mass is 190 g/mol. The third-order valence-electron chi connectivity index (χ3n) is 4.49. The van der Waals surface area contributed by atoms with E-state index in [0.717, 1.165) is 12.3 Å². The van der Waals surface area contributed by atoms with Crippen LogP contribution in [-0.4, -0.2) is 5.78 Å². The maximum atomic E-state index is 11.6. The number of Topliss-reactive ketones (excluding diaryl/α,β-unsaturated/α-hetero) is 1. The van der Waals surface area contributed by atoms with Crippen LogP contribution in [-0.2, 0) is 4.79 Å². The molecular formula is C13H18O. The van der Waals surface area contributed by atoms with Gasteiger partial charge in [0.05, 0.1) is 0 Å². The van der Waals surface area contributed by atoms with Crippen molar-refractivity contribution in [1.29, 1.82) is 0 Å². The minimum Gasteiger partial charge on any atom is -0.295 e. The van der Waals surface area contributed by atoms with Crippen LogP contribution in [0.25, 0.3) is 0 Å². The predicted molar refractivity (Wildman–Crippen MR) is 55.9 cm³/mol. The first kappa shape index (κ1) is 8.70. The summed E-state index contributed by atoms with van der Waals surface area (Å²) < 4.78 is 0. The quantitative estimate of drug-likeness (QED) is 0.573. The number of fused-ring (bicyclic) bond motifs is 2. The molecule has 1 nitrogen and oxygen atoms in total. The van der Waals surface area contributed by atoms with Crippen LogP contribution in [0.4, 0.5) is 0 Å². The molecule has 0 spiro atoms. The van der Waals surface area contributed by atoms with Gasteiger partial charge in [-0.15, -0.1) is 0 Å². The molecule has 3 aliphatic rings. The maximum Gasteiger partial charge on any atom is 0.159 e. The van der Waals surface area contributed by atoms with Crippen LogP contribution in [0.3, 0.4) is 0 Å². The number of hydrogen-bond acceptors (Lipinski definition) is 1. The van der Waals surface area contributed by atoms with Crippen molar-refractivity contribution in [2.75, 3.05) is 0 Å². The first-order valence-corrected chi connectivity index (χ1v) is 5.87. The summed E-state index contributed by atoms with van der Waals surface area (Å²) in [5, 5.41) is 0. The maximum absolute atomic E-state index is 11.6. The Morgan fingerprint density at radius 1 is 1.29 bits per heavy atom. The first-order valence-electron chi connectivity index (χ1n) is 5.87. The molecule has 3 aliphatic carbocycles. The molecule has 3 rings (SSSR count). The highest BCUT2D eigenvalue weighted by atomic mass is 16.1. The third kappa shape index (κ3) is 0.933. The smallest absolute Gasteiger partial charge is 0.159 e. The minimum atomic E-state index is 0.322. The second-order valence-corrected chi connectivity index (χ2v) is 5.86. The van der Waals surface area contributed by atoms with Crippen LogP contribution >= 0.6 is 0 Å². The van der Waals surface area contributed by atoms with Gasteiger partial charge in [0.15, 0.2) is 5.78 Å². The zero-order chi connectivity index (χ0) is 9.92. The summed E-state index contributed by atoms with van der Waals surface area (Å²) in [7, 11) is 0. The predicted octanol–water partition coefficient (Wildman–Crippen LogP) is 3.10. The number of hydrogen-bond donors (Lipinski definition) is 0. The minimum absolute atomic E-state index is 0.322. The molecule has 0 aromatic heterocycles. The van der Waals surface area contributed by atoms with Crippen molar-refractivity contribution in [3.63, 3.8) is 0 Å². The molecule has 0 aromatic carbocycles. The number of ketones is 1. The van der Waals surface area contributed by atoms with Crippen molar-refractivity contribution < 1.29 is 4.79 Å². The van der Waals surface area contributed by atoms with Gasteiger partial charge in [-0.3, -0.25) is 4.79 Å². The van der Waals surface area contributed by atoms with Gasteiger partial charge in [-0.2, -0.15) is 0 Å². The Morgan fingerprint density at radius 2 is 2.07 bits per heavy atom. The van der Waals surface area contributed by atoms with E-state index < -0.39 is 0 Å². The Hall–Kier alpha value is -0.590. The summed E-state index contributed by atoms with van der Waals surface area (Å²) in [6.07, 6.45) is 6.12. The van der Waals surface area contributed by atoms with E-state index in [9.17, 15) is 4.79 Å². The zero-order valence-electron chi connectivity index (χ0n) is 9.10. The molecule has 2 unspecified atom stereocenters. The molecule has 2 atom stereocenters. The van der Waals surface area contributed by atoms with Gasteiger partial charge in [-0.1, -0.05) is 25.8 Å². The summed E-state index contributed by atoms with van der Waals surface area (Å²) >= 11 is 0. The molecule has 76 valence electrons. The molecule has 14 heavy (non-hydrogen) atoms. The number of carbonyl (C=O) groups excluding carboxylic acids is 1. The highest BCUT2D eigenvalue weighted by molar-refractivity contribution is 6.04. The number of allylic oxidation sites excluding steroid dienone is 2. The molecule has 0 heterocycles. The first-order chi connectivity index (χ1) is 6.59. The summed E-state index contributed by atoms with van der Waals surface area (Å²) in [6.45, 7) is 4.66. The van der Waals surface area contributed by atoms with Gasteiger partial charge < -0.3 is 0 Å². The van der Waals surface area contributed by atoms with E-state index in [1.165, 1.54) is 31.3 Å². The largest absolute Gasteiger partial charge is 0.295 e. The number of carbonyl (C=O) groups is 1. The third-order valence-corrected chi connectivity index (χ3v) is 4.49. The van der Waals surface area contributed by atoms with Crippen molar-refractivity contribution in [3.8, 4) is 0 Å². The van der Waals surface area contributed by atoms with E-state index in [-0.39, 0.29) is 0 Å². The van der Waals surface area contributed by atoms with E-state index in [1.807, 2.05) is 0 Å². The van der Waals surface area contributed by atoms with Crippen molar-refractivity contribution in [2.45, 2.75) is 46.0 Å². The Kier molecular flexibility index (Phi) is 1.55. The fraction of sp³-hybridized carbons (Fsp3) is 0.769. The normalized spacial score (nSPS) is 39.1. The molecule has 2 fully saturated rings. The molecule has 0 amide bonds. The van der Waals surface area contributed by atoms with Crippen LogP contribution < -0.4 is 0 Å². The second kappa shape index (κ2) is 2.50. The molecular weight excluding hydrogens is 172 g/mol. The van der Waals surface area contributed by atoms with E-state index >= 15 is 0 Å². The lowest BCUT2D eigenvalue weighted by atomic mass is 9.67. The van der Waals surface area contributed by atoms with Gasteiger partial charge in [-0.25, -0.2) is 0 Å². The van der Waals surface area contributed by atoms with Gasteiger partial charge >= 0.3 is 0 Å². The van der Waals surface area contributed by atoms with Gasteiger partial charge in [0.2, 0.25) is 0 Å². The van der Waals surface area contributed by atoms with Crippen molar-refractivity contribution >= 4 is 5.78 Å². The molecule has 0 aliphatic heterocycles. The molecule has 2 saturated carbocycles. The Morgan fingerprint density at radius 3 is 2.79 bits per heavy atom. The fourth-order valence-corrected chi connectivity index (χ4v) is 3.89. The standard InChI is InChI=1S/C13H18O/c1-13(2)5-3-4-8-6-9-7-10(14)11(9)12(8)13/h8-9H,3-7H2,1-2H3. The van der Waals surface area contributed by atoms with Crippen molar-refractivity contribution in [2.24, 2.45) is 17.3 Å². The summed E-state index contributed by atoms with van der Waals surface area (Å²) in [5.74, 6) is 1.90. The van der Waals surface area contributed by atoms with Crippen LogP contribution in [0, 0.1) is 17.3 Å². The zero-order valence-corrected chi connectivity index (χ0v) is 9.10. The summed E-state index contributed by atoms with van der Waals surface area (Å²) in [4.78, 5) is 11.6. The van der Waals surface area contributed by atoms with E-state index in [1.54, 1.807) is 5.57 Å². The molecule has 0 N–H and O–H groups in total.